The van der Waals surface area contributed by atoms with Gasteiger partial charge in [-0.2, -0.15) is 0 Å². The molecule has 0 radical (unpaired) electrons. The maximum absolute atomic E-state index is 11.5. The average molecular weight is 422 g/mol. The first kappa shape index (κ1) is 23.0. The number of nitrogens with zero attached hydrogens (tertiary/aromatic N) is 2. The number of methoxy groups -OCH3 is 1. The van der Waals surface area contributed by atoms with Gasteiger partial charge in [0, 0.05) is 26.6 Å². The van der Waals surface area contributed by atoms with E-state index in [0.717, 1.165) is 43.6 Å². The molecule has 0 saturated carbocycles. The normalized spacial score (nSPS) is 11.3. The quantitative estimate of drug-likeness (QED) is 0.479. The number of carbonyl (C=O) groups excluding carboxylic acids is 1. The summed E-state index contributed by atoms with van der Waals surface area (Å²) in [5.41, 5.74) is 9.10. The van der Waals surface area contributed by atoms with Crippen molar-refractivity contribution in [1.29, 1.82) is 0 Å². The zero-order chi connectivity index (χ0) is 22.4. The maximum atomic E-state index is 11.5. The monoisotopic (exact) mass is 421 g/mol. The Morgan fingerprint density at radius 2 is 1.74 bits per heavy atom. The molecule has 0 aliphatic heterocycles. The van der Waals surface area contributed by atoms with Crippen molar-refractivity contribution < 1.29 is 9.53 Å². The molecule has 0 aliphatic rings. The smallest absolute Gasteiger partial charge is 0.245 e. The fraction of sp³-hybridized carbons (Fsp3) is 0.462. The van der Waals surface area contributed by atoms with E-state index >= 15 is 0 Å². The number of unbranched alkanes of at least 4 members (excludes halogenated alkanes) is 2. The number of aromatic nitrogens is 2. The average Bonchev–Trinajstić information content (AvgIpc) is 3.09. The van der Waals surface area contributed by atoms with Gasteiger partial charge in [0.2, 0.25) is 5.91 Å². The summed E-state index contributed by atoms with van der Waals surface area (Å²) in [6, 6.07) is 10.7. The third-order valence-corrected chi connectivity index (χ3v) is 6.25. The maximum Gasteiger partial charge on any atom is 0.245 e. The van der Waals surface area contributed by atoms with Crippen molar-refractivity contribution >= 4 is 16.9 Å². The Morgan fingerprint density at radius 1 is 1.03 bits per heavy atom. The van der Waals surface area contributed by atoms with E-state index in [1.165, 1.54) is 40.4 Å². The van der Waals surface area contributed by atoms with Crippen LogP contribution < -0.4 is 5.32 Å². The van der Waals surface area contributed by atoms with E-state index in [1.54, 1.807) is 0 Å². The Morgan fingerprint density at radius 3 is 2.45 bits per heavy atom. The standard InChI is InChI=1S/C26H35N3O2/c1-18-15-19(2)21(4)22(20(18)3)16-29-24-12-9-8-11-23(24)28-25(29)13-7-6-10-14-27-26(30)17-31-5/h8-9,11-12,15H,6-7,10,13-14,16-17H2,1-5H3,(H,27,30). The lowest BCUT2D eigenvalue weighted by atomic mass is 9.94. The van der Waals surface area contributed by atoms with Gasteiger partial charge in [0.1, 0.15) is 12.4 Å². The first-order valence-electron chi connectivity index (χ1n) is 11.2. The molecule has 1 N–H and O–H groups in total. The van der Waals surface area contributed by atoms with Crippen molar-refractivity contribution in [2.45, 2.75) is 59.9 Å². The van der Waals surface area contributed by atoms with Gasteiger partial charge in [0.05, 0.1) is 11.0 Å². The van der Waals surface area contributed by atoms with Crippen LogP contribution in [0, 0.1) is 27.7 Å². The van der Waals surface area contributed by atoms with Crippen LogP contribution in [0.5, 0.6) is 0 Å². The summed E-state index contributed by atoms with van der Waals surface area (Å²) in [6.07, 6.45) is 4.00. The minimum Gasteiger partial charge on any atom is -0.375 e. The number of amides is 1. The third kappa shape index (κ3) is 5.53. The second-order valence-electron chi connectivity index (χ2n) is 8.44. The molecule has 0 spiro atoms. The van der Waals surface area contributed by atoms with Gasteiger partial charge < -0.3 is 14.6 Å². The highest BCUT2D eigenvalue weighted by Crippen LogP contribution is 2.26. The lowest BCUT2D eigenvalue weighted by molar-refractivity contribution is -0.124. The zero-order valence-electron chi connectivity index (χ0n) is 19.5. The van der Waals surface area contributed by atoms with E-state index in [1.807, 2.05) is 0 Å². The topological polar surface area (TPSA) is 56.1 Å². The number of para-hydroxylation sites is 2. The van der Waals surface area contributed by atoms with Crippen molar-refractivity contribution in [2.75, 3.05) is 20.3 Å². The molecule has 1 heterocycles. The van der Waals surface area contributed by atoms with Gasteiger partial charge in [-0.25, -0.2) is 4.98 Å². The van der Waals surface area contributed by atoms with Crippen LogP contribution in [0.1, 0.15) is 52.9 Å². The van der Waals surface area contributed by atoms with Crippen LogP contribution in [0.25, 0.3) is 11.0 Å². The molecule has 0 fully saturated rings. The molecule has 31 heavy (non-hydrogen) atoms. The van der Waals surface area contributed by atoms with Crippen molar-refractivity contribution in [3.8, 4) is 0 Å². The highest BCUT2D eigenvalue weighted by atomic mass is 16.5. The number of aryl methyl sites for hydroxylation is 3. The SMILES string of the molecule is COCC(=O)NCCCCCc1nc2ccccc2n1Cc1c(C)c(C)cc(C)c1C. The van der Waals surface area contributed by atoms with Gasteiger partial charge in [0.25, 0.3) is 0 Å². The molecule has 1 amide bonds. The summed E-state index contributed by atoms with van der Waals surface area (Å²) in [7, 11) is 1.53. The molecule has 5 nitrogen and oxygen atoms in total. The number of fused-ring (bicyclic) bond motifs is 1. The van der Waals surface area contributed by atoms with Crippen LogP contribution >= 0.6 is 0 Å². The molecule has 166 valence electrons. The van der Waals surface area contributed by atoms with Gasteiger partial charge in [-0.3, -0.25) is 4.79 Å². The number of imidazole rings is 1. The van der Waals surface area contributed by atoms with Crippen LogP contribution in [0.3, 0.4) is 0 Å². The highest BCUT2D eigenvalue weighted by Gasteiger charge is 2.15. The van der Waals surface area contributed by atoms with Gasteiger partial charge in [0.15, 0.2) is 0 Å². The van der Waals surface area contributed by atoms with E-state index in [4.69, 9.17) is 9.72 Å². The van der Waals surface area contributed by atoms with Crippen LogP contribution in [0.15, 0.2) is 30.3 Å². The molecule has 0 aliphatic carbocycles. The van der Waals surface area contributed by atoms with Crippen molar-refractivity contribution in [3.63, 3.8) is 0 Å². The Bertz CT molecular complexity index is 1030. The predicted octanol–water partition coefficient (Wildman–Crippen LogP) is 4.79. The summed E-state index contributed by atoms with van der Waals surface area (Å²) >= 11 is 0. The minimum atomic E-state index is -0.0523. The summed E-state index contributed by atoms with van der Waals surface area (Å²) in [5.74, 6) is 1.09. The number of rotatable bonds is 10. The van der Waals surface area contributed by atoms with Crippen molar-refractivity contribution in [2.24, 2.45) is 0 Å². The Balaban J connectivity index is 1.74. The van der Waals surface area contributed by atoms with Crippen molar-refractivity contribution in [1.82, 2.24) is 14.9 Å². The first-order chi connectivity index (χ1) is 14.9. The molecule has 0 saturated heterocycles. The fourth-order valence-electron chi connectivity index (χ4n) is 4.18. The Labute approximate surface area is 185 Å². The summed E-state index contributed by atoms with van der Waals surface area (Å²) < 4.78 is 7.23. The molecule has 0 atom stereocenters. The largest absolute Gasteiger partial charge is 0.375 e. The minimum absolute atomic E-state index is 0.0523. The molecule has 0 unspecified atom stereocenters. The number of benzene rings is 2. The fourth-order valence-corrected chi connectivity index (χ4v) is 4.18. The van der Waals surface area contributed by atoms with Crippen LogP contribution in [-0.4, -0.2) is 35.7 Å². The van der Waals surface area contributed by atoms with Crippen LogP contribution in [0.2, 0.25) is 0 Å². The number of hydrogen-bond donors (Lipinski definition) is 1. The van der Waals surface area contributed by atoms with Gasteiger partial charge in [-0.05, 0) is 80.5 Å². The number of nitrogens with one attached hydrogen (secondary N) is 1. The van der Waals surface area contributed by atoms with Crippen LogP contribution in [0.4, 0.5) is 0 Å². The van der Waals surface area contributed by atoms with E-state index < -0.39 is 0 Å². The van der Waals surface area contributed by atoms with Gasteiger partial charge in [-0.1, -0.05) is 24.6 Å². The molecule has 3 rings (SSSR count). The van der Waals surface area contributed by atoms with E-state index in [9.17, 15) is 4.79 Å². The molecule has 1 aromatic heterocycles. The first-order valence-corrected chi connectivity index (χ1v) is 11.2. The van der Waals surface area contributed by atoms with E-state index in [-0.39, 0.29) is 12.5 Å². The Hall–Kier alpha value is -2.66. The van der Waals surface area contributed by atoms with Gasteiger partial charge >= 0.3 is 0 Å². The number of carbonyl (C=O) groups is 1. The molecule has 5 heteroatoms. The highest BCUT2D eigenvalue weighted by molar-refractivity contribution is 5.77. The molecular formula is C26H35N3O2. The third-order valence-electron chi connectivity index (χ3n) is 6.25. The van der Waals surface area contributed by atoms with Crippen molar-refractivity contribution in [3.05, 3.63) is 64.0 Å². The molecule has 3 aromatic rings. The second-order valence-corrected chi connectivity index (χ2v) is 8.44. The summed E-state index contributed by atoms with van der Waals surface area (Å²) in [5, 5.41) is 2.89. The molecule has 0 bridgehead atoms. The van der Waals surface area contributed by atoms with Crippen LogP contribution in [-0.2, 0) is 22.5 Å². The van der Waals surface area contributed by atoms with E-state index in [0.29, 0.717) is 6.54 Å². The second kappa shape index (κ2) is 10.6. The summed E-state index contributed by atoms with van der Waals surface area (Å²) in [6.45, 7) is 10.5. The molecule has 2 aromatic carbocycles. The van der Waals surface area contributed by atoms with Gasteiger partial charge in [-0.15, -0.1) is 0 Å². The van der Waals surface area contributed by atoms with E-state index in [2.05, 4.69) is 67.9 Å². The Kier molecular flexibility index (Phi) is 7.85. The number of ether oxygens (including phenoxy) is 1. The summed E-state index contributed by atoms with van der Waals surface area (Å²) in [4.78, 5) is 16.4. The predicted molar refractivity (Wildman–Crippen MR) is 127 cm³/mol. The molecular weight excluding hydrogens is 386 g/mol. The zero-order valence-corrected chi connectivity index (χ0v) is 19.5. The lowest BCUT2D eigenvalue weighted by Crippen LogP contribution is -2.27. The lowest BCUT2D eigenvalue weighted by Gasteiger charge is -2.18. The number of hydrogen-bond acceptors (Lipinski definition) is 3.